The lowest BCUT2D eigenvalue weighted by molar-refractivity contribution is -0.385. The molecular weight excluding hydrogens is 268 g/mol. The SMILES string of the molecule is Cc1ccc(C(=O)NC2CCCC2Cl)cc1[N+](=O)[O-]. The largest absolute Gasteiger partial charge is 0.348 e. The third-order valence-electron chi connectivity index (χ3n) is 3.42. The molecule has 19 heavy (non-hydrogen) atoms. The maximum absolute atomic E-state index is 12.0. The summed E-state index contributed by atoms with van der Waals surface area (Å²) in [6, 6.07) is 4.44. The number of nitro groups is 1. The summed E-state index contributed by atoms with van der Waals surface area (Å²) in [7, 11) is 0. The second-order valence-electron chi connectivity index (χ2n) is 4.79. The molecule has 0 spiro atoms. The number of carbonyl (C=O) groups is 1. The minimum absolute atomic E-state index is 0.0403. The zero-order chi connectivity index (χ0) is 14.0. The molecule has 1 aromatic rings. The standard InChI is InChI=1S/C13H15ClN2O3/c1-8-5-6-9(7-12(8)16(18)19)13(17)15-11-4-2-3-10(11)14/h5-7,10-11H,2-4H2,1H3,(H,15,17). The Hall–Kier alpha value is -1.62. The van der Waals surface area contributed by atoms with Crippen LogP contribution in [-0.4, -0.2) is 22.2 Å². The molecule has 0 bridgehead atoms. The van der Waals surface area contributed by atoms with Gasteiger partial charge in [-0.1, -0.05) is 6.07 Å². The first-order valence-corrected chi connectivity index (χ1v) is 6.62. The number of hydrogen-bond donors (Lipinski definition) is 1. The van der Waals surface area contributed by atoms with Gasteiger partial charge >= 0.3 is 0 Å². The molecule has 102 valence electrons. The molecule has 1 aromatic carbocycles. The lowest BCUT2D eigenvalue weighted by Crippen LogP contribution is -2.37. The Morgan fingerprint density at radius 2 is 2.21 bits per heavy atom. The van der Waals surface area contributed by atoms with Crippen molar-refractivity contribution in [2.24, 2.45) is 0 Å². The van der Waals surface area contributed by atoms with Crippen LogP contribution >= 0.6 is 11.6 Å². The molecule has 1 amide bonds. The van der Waals surface area contributed by atoms with E-state index in [4.69, 9.17) is 11.6 Å². The van der Waals surface area contributed by atoms with Gasteiger partial charge in [-0.2, -0.15) is 0 Å². The molecule has 2 rings (SSSR count). The Morgan fingerprint density at radius 3 is 2.79 bits per heavy atom. The van der Waals surface area contributed by atoms with Crippen molar-refractivity contribution in [2.75, 3.05) is 0 Å². The molecule has 5 nitrogen and oxygen atoms in total. The van der Waals surface area contributed by atoms with Crippen LogP contribution in [0, 0.1) is 17.0 Å². The van der Waals surface area contributed by atoms with Crippen LogP contribution in [0.5, 0.6) is 0 Å². The van der Waals surface area contributed by atoms with Crippen molar-refractivity contribution < 1.29 is 9.72 Å². The molecule has 1 aliphatic carbocycles. The monoisotopic (exact) mass is 282 g/mol. The number of amides is 1. The molecule has 1 saturated carbocycles. The van der Waals surface area contributed by atoms with E-state index in [1.54, 1.807) is 19.1 Å². The highest BCUT2D eigenvalue weighted by molar-refractivity contribution is 6.21. The summed E-state index contributed by atoms with van der Waals surface area (Å²) in [6.45, 7) is 1.64. The number of nitrogens with one attached hydrogen (secondary N) is 1. The smallest absolute Gasteiger partial charge is 0.273 e. The first-order chi connectivity index (χ1) is 8.99. The fourth-order valence-electron chi connectivity index (χ4n) is 2.28. The zero-order valence-corrected chi connectivity index (χ0v) is 11.3. The van der Waals surface area contributed by atoms with E-state index in [0.717, 1.165) is 19.3 Å². The van der Waals surface area contributed by atoms with Gasteiger partial charge in [0, 0.05) is 23.2 Å². The first-order valence-electron chi connectivity index (χ1n) is 6.19. The number of nitrogens with zero attached hydrogens (tertiary/aromatic N) is 1. The summed E-state index contributed by atoms with van der Waals surface area (Å²) in [6.07, 6.45) is 2.74. The molecule has 0 radical (unpaired) electrons. The average molecular weight is 283 g/mol. The van der Waals surface area contributed by atoms with Gasteiger partial charge in [0.1, 0.15) is 0 Å². The summed E-state index contributed by atoms with van der Waals surface area (Å²) in [5.41, 5.74) is 0.798. The maximum Gasteiger partial charge on any atom is 0.273 e. The predicted octanol–water partition coefficient (Wildman–Crippen LogP) is 2.79. The van der Waals surface area contributed by atoms with Gasteiger partial charge in [-0.25, -0.2) is 0 Å². The van der Waals surface area contributed by atoms with Crippen molar-refractivity contribution >= 4 is 23.2 Å². The van der Waals surface area contributed by atoms with Crippen LogP contribution in [0.25, 0.3) is 0 Å². The lowest BCUT2D eigenvalue weighted by atomic mass is 10.1. The molecule has 1 fully saturated rings. The Bertz CT molecular complexity index is 519. The number of alkyl halides is 1. The van der Waals surface area contributed by atoms with E-state index in [0.29, 0.717) is 11.1 Å². The van der Waals surface area contributed by atoms with Gasteiger partial charge in [0.15, 0.2) is 0 Å². The van der Waals surface area contributed by atoms with Crippen LogP contribution < -0.4 is 5.32 Å². The van der Waals surface area contributed by atoms with E-state index in [-0.39, 0.29) is 23.0 Å². The van der Waals surface area contributed by atoms with Crippen molar-refractivity contribution in [2.45, 2.75) is 37.6 Å². The van der Waals surface area contributed by atoms with Crippen molar-refractivity contribution in [1.29, 1.82) is 0 Å². The molecule has 0 heterocycles. The molecule has 1 N–H and O–H groups in total. The van der Waals surface area contributed by atoms with Crippen LogP contribution in [0.4, 0.5) is 5.69 Å². The predicted molar refractivity (Wildman–Crippen MR) is 72.6 cm³/mol. The van der Waals surface area contributed by atoms with Crippen LogP contribution in [0.3, 0.4) is 0 Å². The number of halogens is 1. The highest BCUT2D eigenvalue weighted by Gasteiger charge is 2.27. The van der Waals surface area contributed by atoms with E-state index in [1.165, 1.54) is 6.07 Å². The van der Waals surface area contributed by atoms with E-state index in [2.05, 4.69) is 5.32 Å². The van der Waals surface area contributed by atoms with Crippen molar-refractivity contribution in [3.63, 3.8) is 0 Å². The van der Waals surface area contributed by atoms with Gasteiger partial charge in [-0.05, 0) is 32.3 Å². The Labute approximate surface area is 116 Å². The van der Waals surface area contributed by atoms with Gasteiger partial charge in [0.2, 0.25) is 0 Å². The van der Waals surface area contributed by atoms with Crippen LogP contribution in [0.1, 0.15) is 35.2 Å². The highest BCUT2D eigenvalue weighted by Crippen LogP contribution is 2.25. The normalized spacial score (nSPS) is 22.2. The zero-order valence-electron chi connectivity index (χ0n) is 10.6. The lowest BCUT2D eigenvalue weighted by Gasteiger charge is -2.15. The Morgan fingerprint density at radius 1 is 1.47 bits per heavy atom. The summed E-state index contributed by atoms with van der Waals surface area (Å²) >= 11 is 6.09. The van der Waals surface area contributed by atoms with Gasteiger partial charge < -0.3 is 5.32 Å². The molecule has 0 aromatic heterocycles. The second kappa shape index (κ2) is 5.57. The van der Waals surface area contributed by atoms with Crippen LogP contribution in [0.2, 0.25) is 0 Å². The quantitative estimate of drug-likeness (QED) is 0.526. The Balaban J connectivity index is 2.15. The third-order valence-corrected chi connectivity index (χ3v) is 3.94. The number of nitro benzene ring substituents is 1. The van der Waals surface area contributed by atoms with E-state index in [9.17, 15) is 14.9 Å². The first kappa shape index (κ1) is 13.8. The van der Waals surface area contributed by atoms with Gasteiger partial charge in [0.05, 0.1) is 10.3 Å². The highest BCUT2D eigenvalue weighted by atomic mass is 35.5. The number of aryl methyl sites for hydroxylation is 1. The third kappa shape index (κ3) is 3.04. The van der Waals surface area contributed by atoms with Crippen molar-refractivity contribution in [1.82, 2.24) is 5.32 Å². The second-order valence-corrected chi connectivity index (χ2v) is 5.35. The molecule has 1 aliphatic rings. The summed E-state index contributed by atoms with van der Waals surface area (Å²) in [5, 5.41) is 13.6. The molecule has 0 saturated heterocycles. The number of carbonyl (C=O) groups excluding carboxylic acids is 1. The van der Waals surface area contributed by atoms with Crippen LogP contribution in [-0.2, 0) is 0 Å². The van der Waals surface area contributed by atoms with Crippen molar-refractivity contribution in [3.8, 4) is 0 Å². The minimum Gasteiger partial charge on any atom is -0.348 e. The van der Waals surface area contributed by atoms with E-state index < -0.39 is 4.92 Å². The molecule has 2 unspecified atom stereocenters. The summed E-state index contributed by atoms with van der Waals surface area (Å²) < 4.78 is 0. The minimum atomic E-state index is -0.480. The fourth-order valence-corrected chi connectivity index (χ4v) is 2.62. The topological polar surface area (TPSA) is 72.2 Å². The molecule has 6 heteroatoms. The van der Waals surface area contributed by atoms with E-state index >= 15 is 0 Å². The van der Waals surface area contributed by atoms with Gasteiger partial charge in [-0.3, -0.25) is 14.9 Å². The number of hydrogen-bond acceptors (Lipinski definition) is 3. The number of benzene rings is 1. The molecule has 0 aliphatic heterocycles. The summed E-state index contributed by atoms with van der Waals surface area (Å²) in [5.74, 6) is -0.305. The number of rotatable bonds is 3. The maximum atomic E-state index is 12.0. The van der Waals surface area contributed by atoms with Crippen molar-refractivity contribution in [3.05, 3.63) is 39.4 Å². The van der Waals surface area contributed by atoms with E-state index in [1.807, 2.05) is 0 Å². The van der Waals surface area contributed by atoms with Gasteiger partial charge in [0.25, 0.3) is 11.6 Å². The van der Waals surface area contributed by atoms with Crippen LogP contribution in [0.15, 0.2) is 18.2 Å². The summed E-state index contributed by atoms with van der Waals surface area (Å²) in [4.78, 5) is 22.4. The average Bonchev–Trinajstić information content (AvgIpc) is 2.75. The Kier molecular flexibility index (Phi) is 4.04. The fraction of sp³-hybridized carbons (Fsp3) is 0.462. The molecular formula is C13H15ClN2O3. The molecule has 2 atom stereocenters. The van der Waals surface area contributed by atoms with Gasteiger partial charge in [-0.15, -0.1) is 11.6 Å².